The molecular weight excluding hydrogens is 429 g/mol. The first-order valence-electron chi connectivity index (χ1n) is 8.32. The third kappa shape index (κ3) is 3.64. The van der Waals surface area contributed by atoms with E-state index in [-0.39, 0.29) is 27.5 Å². The number of hydrogen-bond donors (Lipinski definition) is 1. The Kier molecular flexibility index (Phi) is 5.35. The molecule has 0 radical (unpaired) electrons. The van der Waals surface area contributed by atoms with Crippen LogP contribution in [-0.4, -0.2) is 54.9 Å². The van der Waals surface area contributed by atoms with Crippen molar-refractivity contribution < 1.29 is 40.6 Å². The molecule has 1 N–H and O–H groups in total. The molecule has 2 aromatic rings. The lowest BCUT2D eigenvalue weighted by Gasteiger charge is -2.32. The number of aliphatic hydroxyl groups excluding tert-OH is 1. The van der Waals surface area contributed by atoms with E-state index >= 15 is 0 Å². The Morgan fingerprint density at radius 2 is 1.90 bits per heavy atom. The molecule has 0 bridgehead atoms. The van der Waals surface area contributed by atoms with Crippen LogP contribution in [0.3, 0.4) is 0 Å². The summed E-state index contributed by atoms with van der Waals surface area (Å²) in [5, 5.41) is 10.8. The lowest BCUT2D eigenvalue weighted by molar-refractivity contribution is -0.151. The first-order chi connectivity index (χ1) is 13.8. The van der Waals surface area contributed by atoms with Crippen LogP contribution in [0.4, 0.5) is 13.2 Å². The lowest BCUT2D eigenvalue weighted by Crippen LogP contribution is -2.42. The number of rotatable bonds is 4. The van der Waals surface area contributed by atoms with Crippen molar-refractivity contribution in [2.75, 3.05) is 14.1 Å². The predicted molar refractivity (Wildman–Crippen MR) is 98.9 cm³/mol. The topological polar surface area (TPSA) is 104 Å². The Morgan fingerprint density at radius 1 is 1.23 bits per heavy atom. The van der Waals surface area contributed by atoms with Crippen molar-refractivity contribution in [2.45, 2.75) is 11.7 Å². The molecular formula is C18H15F3N2O6S. The summed E-state index contributed by atoms with van der Waals surface area (Å²) in [6.07, 6.45) is 0.670. The number of amides is 2. The fourth-order valence-electron chi connectivity index (χ4n) is 2.89. The maximum absolute atomic E-state index is 12.7. The summed E-state index contributed by atoms with van der Waals surface area (Å²) < 4.78 is 64.5. The highest BCUT2D eigenvalue weighted by molar-refractivity contribution is 7.87. The highest BCUT2D eigenvalue weighted by Crippen LogP contribution is 2.39. The SMILES string of the molecule is CN(C)C(=O)/C=C/c1ccc2c3c(cccc13)C(O)N(OS(=O)(=O)C(F)(F)F)C2=O. The van der Waals surface area contributed by atoms with Gasteiger partial charge in [0.2, 0.25) is 5.91 Å². The van der Waals surface area contributed by atoms with E-state index in [4.69, 9.17) is 0 Å². The molecule has 2 amide bonds. The summed E-state index contributed by atoms with van der Waals surface area (Å²) in [6, 6.07) is 7.05. The molecule has 12 heteroatoms. The molecule has 3 rings (SSSR count). The van der Waals surface area contributed by atoms with E-state index in [1.165, 1.54) is 41.3 Å². The first-order valence-corrected chi connectivity index (χ1v) is 9.73. The van der Waals surface area contributed by atoms with Crippen molar-refractivity contribution >= 4 is 38.8 Å². The minimum atomic E-state index is -6.18. The van der Waals surface area contributed by atoms with Crippen molar-refractivity contribution in [1.29, 1.82) is 0 Å². The van der Waals surface area contributed by atoms with Gasteiger partial charge in [-0.3, -0.25) is 9.59 Å². The number of aliphatic hydroxyl groups is 1. The van der Waals surface area contributed by atoms with Crippen LogP contribution in [0, 0.1) is 0 Å². The average Bonchev–Trinajstić information content (AvgIpc) is 2.66. The van der Waals surface area contributed by atoms with Crippen molar-refractivity contribution in [3.05, 3.63) is 53.1 Å². The molecule has 0 aliphatic carbocycles. The van der Waals surface area contributed by atoms with E-state index in [9.17, 15) is 36.3 Å². The first kappa shape index (κ1) is 21.7. The number of benzene rings is 2. The normalized spacial score (nSPS) is 17.1. The molecule has 1 aliphatic rings. The number of alkyl halides is 3. The second-order valence-corrected chi connectivity index (χ2v) is 8.04. The minimum absolute atomic E-state index is 0.0336. The number of nitrogens with zero attached hydrogens (tertiary/aromatic N) is 2. The fraction of sp³-hybridized carbons (Fsp3) is 0.222. The molecule has 0 spiro atoms. The second-order valence-electron chi connectivity index (χ2n) is 6.52. The average molecular weight is 444 g/mol. The standard InChI is InChI=1S/C18H15F3N2O6S/c1-22(2)14(24)9-7-10-6-8-13-15-11(10)4-3-5-12(15)16(25)23(17(13)26)29-30(27,28)18(19,20)21/h3-9,16,25H,1-2H3/b9-7+. The summed E-state index contributed by atoms with van der Waals surface area (Å²) in [7, 11) is -3.06. The second kappa shape index (κ2) is 7.38. The Morgan fingerprint density at radius 3 is 2.50 bits per heavy atom. The third-order valence-electron chi connectivity index (χ3n) is 4.35. The van der Waals surface area contributed by atoms with Gasteiger partial charge in [-0.2, -0.15) is 26.7 Å². The zero-order valence-corrected chi connectivity index (χ0v) is 16.4. The van der Waals surface area contributed by atoms with Crippen LogP contribution in [0.2, 0.25) is 0 Å². The molecule has 0 saturated carbocycles. The van der Waals surface area contributed by atoms with Gasteiger partial charge in [-0.1, -0.05) is 24.3 Å². The molecule has 2 aromatic carbocycles. The highest BCUT2D eigenvalue weighted by Gasteiger charge is 2.51. The molecule has 1 unspecified atom stereocenters. The maximum Gasteiger partial charge on any atom is 0.525 e. The molecule has 1 atom stereocenters. The smallest absolute Gasteiger partial charge is 0.367 e. The number of hydroxylamine groups is 2. The zero-order valence-electron chi connectivity index (χ0n) is 15.5. The van der Waals surface area contributed by atoms with E-state index in [0.29, 0.717) is 10.9 Å². The van der Waals surface area contributed by atoms with Gasteiger partial charge in [-0.15, -0.1) is 4.28 Å². The van der Waals surface area contributed by atoms with Gasteiger partial charge < -0.3 is 10.0 Å². The summed E-state index contributed by atoms with van der Waals surface area (Å²) in [4.78, 5) is 25.7. The van der Waals surface area contributed by atoms with Crippen molar-refractivity contribution in [3.8, 4) is 0 Å². The highest BCUT2D eigenvalue weighted by atomic mass is 32.2. The summed E-state index contributed by atoms with van der Waals surface area (Å²) in [5.41, 5.74) is -5.48. The Bertz CT molecular complexity index is 1170. The molecule has 1 heterocycles. The maximum atomic E-state index is 12.7. The van der Waals surface area contributed by atoms with Crippen molar-refractivity contribution in [1.82, 2.24) is 9.96 Å². The molecule has 0 aromatic heterocycles. The molecule has 8 nitrogen and oxygen atoms in total. The molecule has 0 saturated heterocycles. The van der Waals surface area contributed by atoms with Gasteiger partial charge in [0.15, 0.2) is 6.23 Å². The number of hydrogen-bond acceptors (Lipinski definition) is 6. The summed E-state index contributed by atoms with van der Waals surface area (Å²) in [6.45, 7) is 0. The van der Waals surface area contributed by atoms with E-state index in [1.807, 2.05) is 0 Å². The lowest BCUT2D eigenvalue weighted by atomic mass is 9.91. The Hall–Kier alpha value is -2.96. The molecule has 1 aliphatic heterocycles. The van der Waals surface area contributed by atoms with E-state index < -0.39 is 27.8 Å². The molecule has 160 valence electrons. The monoisotopic (exact) mass is 444 g/mol. The number of halogens is 3. The zero-order chi connectivity index (χ0) is 22.4. The van der Waals surface area contributed by atoms with Gasteiger partial charge in [-0.25, -0.2) is 0 Å². The van der Waals surface area contributed by atoms with Crippen LogP contribution in [0.25, 0.3) is 16.8 Å². The van der Waals surface area contributed by atoms with Gasteiger partial charge in [0.25, 0.3) is 5.91 Å². The number of carbonyl (C=O) groups is 2. The van der Waals surface area contributed by atoms with Gasteiger partial charge in [-0.05, 0) is 23.1 Å². The van der Waals surface area contributed by atoms with Crippen LogP contribution in [0.5, 0.6) is 0 Å². The largest absolute Gasteiger partial charge is 0.525 e. The van der Waals surface area contributed by atoms with Gasteiger partial charge >= 0.3 is 15.6 Å². The minimum Gasteiger partial charge on any atom is -0.367 e. The van der Waals surface area contributed by atoms with Gasteiger partial charge in [0.05, 0.1) is 5.56 Å². The van der Waals surface area contributed by atoms with Crippen LogP contribution in [0.1, 0.15) is 27.7 Å². The van der Waals surface area contributed by atoms with Crippen LogP contribution >= 0.6 is 0 Å². The van der Waals surface area contributed by atoms with Gasteiger partial charge in [0, 0.05) is 31.1 Å². The van der Waals surface area contributed by atoms with Crippen LogP contribution in [0.15, 0.2) is 36.4 Å². The summed E-state index contributed by atoms with van der Waals surface area (Å²) in [5.74, 6) is -1.57. The third-order valence-corrected chi connectivity index (χ3v) is 5.27. The van der Waals surface area contributed by atoms with Crippen molar-refractivity contribution in [2.24, 2.45) is 0 Å². The van der Waals surface area contributed by atoms with E-state index in [1.54, 1.807) is 20.2 Å². The van der Waals surface area contributed by atoms with E-state index in [2.05, 4.69) is 4.28 Å². The Labute approximate surface area is 168 Å². The number of likely N-dealkylation sites (N-methyl/N-ethyl adjacent to an activating group) is 1. The molecule has 30 heavy (non-hydrogen) atoms. The summed E-state index contributed by atoms with van der Waals surface area (Å²) >= 11 is 0. The van der Waals surface area contributed by atoms with Gasteiger partial charge in [0.1, 0.15) is 0 Å². The molecule has 0 fully saturated rings. The van der Waals surface area contributed by atoms with Crippen LogP contribution in [-0.2, 0) is 19.2 Å². The van der Waals surface area contributed by atoms with E-state index in [0.717, 1.165) is 0 Å². The quantitative estimate of drug-likeness (QED) is 0.573. The Balaban J connectivity index is 2.10. The van der Waals surface area contributed by atoms with Crippen LogP contribution < -0.4 is 0 Å². The van der Waals surface area contributed by atoms with Crippen molar-refractivity contribution in [3.63, 3.8) is 0 Å². The predicted octanol–water partition coefficient (Wildman–Crippen LogP) is 2.17. The fourth-order valence-corrected chi connectivity index (χ4v) is 3.33. The number of carbonyl (C=O) groups excluding carboxylic acids is 2.